The Kier molecular flexibility index (Phi) is 5.46. The van der Waals surface area contributed by atoms with Crippen LogP contribution in [0.1, 0.15) is 50.4 Å². The molecular weight excluding hydrogens is 302 g/mol. The zero-order valence-electron chi connectivity index (χ0n) is 12.4. The number of nitrogens with one attached hydrogen (secondary N) is 1. The average molecular weight is 328 g/mol. The third-order valence-electron chi connectivity index (χ3n) is 4.48. The van der Waals surface area contributed by atoms with Crippen LogP contribution in [0, 0.1) is 12.8 Å². The molecule has 0 spiro atoms. The van der Waals surface area contributed by atoms with Crippen molar-refractivity contribution < 1.29 is 0 Å². The zero-order chi connectivity index (χ0) is 13.8. The minimum atomic E-state index is 0.662. The van der Waals surface area contributed by atoms with Gasteiger partial charge in [0.1, 0.15) is 0 Å². The molecule has 0 radical (unpaired) electrons. The summed E-state index contributed by atoms with van der Waals surface area (Å²) in [6.45, 7) is 5.19. The van der Waals surface area contributed by atoms with Gasteiger partial charge < -0.3 is 5.32 Å². The summed E-state index contributed by atoms with van der Waals surface area (Å²) in [5, 5.41) is 8.11. The van der Waals surface area contributed by atoms with Crippen molar-refractivity contribution in [1.29, 1.82) is 0 Å². The molecule has 4 heteroatoms. The first-order valence-electron chi connectivity index (χ1n) is 7.56. The van der Waals surface area contributed by atoms with Gasteiger partial charge in [-0.05, 0) is 68.4 Å². The molecule has 1 N–H and O–H groups in total. The molecule has 0 aromatic carbocycles. The van der Waals surface area contributed by atoms with E-state index in [4.69, 9.17) is 0 Å². The smallest absolute Gasteiger partial charge is 0.0738 e. The summed E-state index contributed by atoms with van der Waals surface area (Å²) in [4.78, 5) is 0. The number of rotatable bonds is 6. The lowest BCUT2D eigenvalue weighted by atomic mass is 9.93. The van der Waals surface area contributed by atoms with Crippen molar-refractivity contribution >= 4 is 15.9 Å². The van der Waals surface area contributed by atoms with Crippen molar-refractivity contribution in [1.82, 2.24) is 15.1 Å². The van der Waals surface area contributed by atoms with E-state index in [0.717, 1.165) is 24.6 Å². The maximum absolute atomic E-state index is 4.58. The summed E-state index contributed by atoms with van der Waals surface area (Å²) in [6, 6.07) is 0.662. The molecule has 108 valence electrons. The molecule has 19 heavy (non-hydrogen) atoms. The van der Waals surface area contributed by atoms with Crippen molar-refractivity contribution in [3.63, 3.8) is 0 Å². The van der Waals surface area contributed by atoms with E-state index in [1.54, 1.807) is 0 Å². The zero-order valence-corrected chi connectivity index (χ0v) is 14.0. The molecule has 1 aromatic heterocycles. The second-order valence-corrected chi connectivity index (χ2v) is 6.43. The topological polar surface area (TPSA) is 29.9 Å². The maximum Gasteiger partial charge on any atom is 0.0738 e. The van der Waals surface area contributed by atoms with Crippen LogP contribution >= 0.6 is 15.9 Å². The minimum absolute atomic E-state index is 0.662. The van der Waals surface area contributed by atoms with Gasteiger partial charge in [-0.15, -0.1) is 0 Å². The molecule has 1 unspecified atom stereocenters. The van der Waals surface area contributed by atoms with E-state index >= 15 is 0 Å². The summed E-state index contributed by atoms with van der Waals surface area (Å²) in [5.41, 5.74) is 2.47. The molecule has 1 aliphatic carbocycles. The molecular formula is C15H26BrN3. The third kappa shape index (κ3) is 3.40. The van der Waals surface area contributed by atoms with Gasteiger partial charge in [0.15, 0.2) is 0 Å². The van der Waals surface area contributed by atoms with Crippen molar-refractivity contribution in [2.24, 2.45) is 5.92 Å². The van der Waals surface area contributed by atoms with Crippen LogP contribution in [-0.4, -0.2) is 22.9 Å². The maximum atomic E-state index is 4.58. The monoisotopic (exact) mass is 327 g/mol. The number of halogens is 1. The molecule has 1 heterocycles. The van der Waals surface area contributed by atoms with Crippen LogP contribution in [0.4, 0.5) is 0 Å². The normalized spacial score (nSPS) is 18.1. The molecule has 1 fully saturated rings. The van der Waals surface area contributed by atoms with Crippen LogP contribution < -0.4 is 5.32 Å². The summed E-state index contributed by atoms with van der Waals surface area (Å²) >= 11 is 3.69. The molecule has 1 saturated carbocycles. The highest BCUT2D eigenvalue weighted by Gasteiger charge is 2.24. The molecule has 0 saturated heterocycles. The van der Waals surface area contributed by atoms with Gasteiger partial charge in [-0.1, -0.05) is 12.8 Å². The number of hydrogen-bond acceptors (Lipinski definition) is 2. The second-order valence-electron chi connectivity index (χ2n) is 5.64. The van der Waals surface area contributed by atoms with Crippen molar-refractivity contribution in [3.8, 4) is 0 Å². The fraction of sp³-hybridized carbons (Fsp3) is 0.800. The highest BCUT2D eigenvalue weighted by atomic mass is 79.9. The van der Waals surface area contributed by atoms with E-state index in [9.17, 15) is 0 Å². The standard InChI is InChI=1S/C15H26BrN3/c1-4-19-14(15(16)11(2)18-19)10-9-13(17-3)12-7-5-6-8-12/h12-13,17H,4-10H2,1-3H3. The molecule has 1 atom stereocenters. The van der Waals surface area contributed by atoms with Gasteiger partial charge in [-0.3, -0.25) is 4.68 Å². The lowest BCUT2D eigenvalue weighted by molar-refractivity contribution is 0.357. The van der Waals surface area contributed by atoms with Crippen LogP contribution in [0.5, 0.6) is 0 Å². The number of aryl methyl sites for hydroxylation is 2. The Hall–Kier alpha value is -0.350. The van der Waals surface area contributed by atoms with Crippen molar-refractivity contribution in [2.75, 3.05) is 7.05 Å². The van der Waals surface area contributed by atoms with Crippen LogP contribution in [0.15, 0.2) is 4.47 Å². The molecule has 1 aromatic rings. The Labute approximate surface area is 125 Å². The van der Waals surface area contributed by atoms with Gasteiger partial charge in [0.2, 0.25) is 0 Å². The number of hydrogen-bond donors (Lipinski definition) is 1. The second kappa shape index (κ2) is 6.89. The van der Waals surface area contributed by atoms with Gasteiger partial charge in [0.05, 0.1) is 15.9 Å². The van der Waals surface area contributed by atoms with E-state index in [1.165, 1.54) is 42.3 Å². The van der Waals surface area contributed by atoms with Crippen LogP contribution in [-0.2, 0) is 13.0 Å². The molecule has 3 nitrogen and oxygen atoms in total. The van der Waals surface area contributed by atoms with E-state index in [-0.39, 0.29) is 0 Å². The van der Waals surface area contributed by atoms with E-state index < -0.39 is 0 Å². The van der Waals surface area contributed by atoms with Gasteiger partial charge in [0.25, 0.3) is 0 Å². The summed E-state index contributed by atoms with van der Waals surface area (Å²) in [6.07, 6.45) is 7.96. The predicted octanol–water partition coefficient (Wildman–Crippen LogP) is 3.68. The van der Waals surface area contributed by atoms with Gasteiger partial charge in [0, 0.05) is 12.6 Å². The SMILES string of the molecule is CCn1nc(C)c(Br)c1CCC(NC)C1CCCC1. The number of aromatic nitrogens is 2. The Bertz CT molecular complexity index is 408. The van der Waals surface area contributed by atoms with Crippen molar-refractivity contribution in [3.05, 3.63) is 15.9 Å². The molecule has 0 aliphatic heterocycles. The fourth-order valence-electron chi connectivity index (χ4n) is 3.38. The summed E-state index contributed by atoms with van der Waals surface area (Å²) in [7, 11) is 2.11. The molecule has 0 bridgehead atoms. The highest BCUT2D eigenvalue weighted by molar-refractivity contribution is 9.10. The first kappa shape index (κ1) is 15.0. The van der Waals surface area contributed by atoms with E-state index in [0.29, 0.717) is 6.04 Å². The summed E-state index contributed by atoms with van der Waals surface area (Å²) in [5.74, 6) is 0.878. The summed E-state index contributed by atoms with van der Waals surface area (Å²) < 4.78 is 3.34. The molecule has 0 amide bonds. The predicted molar refractivity (Wildman–Crippen MR) is 83.5 cm³/mol. The molecule has 2 rings (SSSR count). The highest BCUT2D eigenvalue weighted by Crippen LogP contribution is 2.30. The largest absolute Gasteiger partial charge is 0.317 e. The van der Waals surface area contributed by atoms with E-state index in [1.807, 2.05) is 0 Å². The fourth-order valence-corrected chi connectivity index (χ4v) is 3.86. The van der Waals surface area contributed by atoms with Crippen LogP contribution in [0.3, 0.4) is 0 Å². The van der Waals surface area contributed by atoms with Crippen LogP contribution in [0.2, 0.25) is 0 Å². The first-order chi connectivity index (χ1) is 9.17. The van der Waals surface area contributed by atoms with Gasteiger partial charge in [-0.2, -0.15) is 5.10 Å². The van der Waals surface area contributed by atoms with Gasteiger partial charge in [-0.25, -0.2) is 0 Å². The van der Waals surface area contributed by atoms with Gasteiger partial charge >= 0.3 is 0 Å². The first-order valence-corrected chi connectivity index (χ1v) is 8.35. The third-order valence-corrected chi connectivity index (χ3v) is 5.52. The Morgan fingerprint density at radius 1 is 1.42 bits per heavy atom. The van der Waals surface area contributed by atoms with Crippen molar-refractivity contribution in [2.45, 2.75) is 65.0 Å². The quantitative estimate of drug-likeness (QED) is 0.863. The van der Waals surface area contributed by atoms with Crippen LogP contribution in [0.25, 0.3) is 0 Å². The van der Waals surface area contributed by atoms with E-state index in [2.05, 4.69) is 51.9 Å². The minimum Gasteiger partial charge on any atom is -0.317 e. The lowest BCUT2D eigenvalue weighted by Crippen LogP contribution is -2.32. The Balaban J connectivity index is 2.00. The lowest BCUT2D eigenvalue weighted by Gasteiger charge is -2.23. The number of nitrogens with zero attached hydrogens (tertiary/aromatic N) is 2. The average Bonchev–Trinajstić information content (AvgIpc) is 3.02. The Morgan fingerprint density at radius 2 is 2.11 bits per heavy atom. The Morgan fingerprint density at radius 3 is 2.68 bits per heavy atom. The molecule has 1 aliphatic rings.